The second-order valence-corrected chi connectivity index (χ2v) is 6.79. The lowest BCUT2D eigenvalue weighted by Crippen LogP contribution is -2.28. The molecule has 1 heterocycles. The van der Waals surface area contributed by atoms with Gasteiger partial charge in [-0.1, -0.05) is 30.7 Å². The molecule has 0 spiro atoms. The molecule has 3 rings (SSSR count). The second kappa shape index (κ2) is 8.35. The van der Waals surface area contributed by atoms with Gasteiger partial charge in [-0.2, -0.15) is 5.10 Å². The summed E-state index contributed by atoms with van der Waals surface area (Å²) in [5.74, 6) is -2.48. The Labute approximate surface area is 166 Å². The lowest BCUT2D eigenvalue weighted by molar-refractivity contribution is -0.132. The molecule has 5 nitrogen and oxygen atoms in total. The van der Waals surface area contributed by atoms with Crippen LogP contribution < -0.4 is 5.01 Å². The van der Waals surface area contributed by atoms with Crippen molar-refractivity contribution in [1.82, 2.24) is 0 Å². The first-order chi connectivity index (χ1) is 13.4. The van der Waals surface area contributed by atoms with E-state index in [2.05, 4.69) is 5.10 Å². The lowest BCUT2D eigenvalue weighted by Gasteiger charge is -2.15. The second-order valence-electron chi connectivity index (χ2n) is 6.35. The van der Waals surface area contributed by atoms with Crippen molar-refractivity contribution in [1.29, 1.82) is 0 Å². The molecule has 0 radical (unpaired) electrons. The van der Waals surface area contributed by atoms with Crippen LogP contribution >= 0.6 is 11.6 Å². The maximum atomic E-state index is 13.1. The van der Waals surface area contributed by atoms with E-state index >= 15 is 0 Å². The Balaban J connectivity index is 1.87. The molecule has 28 heavy (non-hydrogen) atoms. The normalized spacial score (nSPS) is 17.0. The van der Waals surface area contributed by atoms with Crippen LogP contribution in [0.5, 0.6) is 0 Å². The predicted molar refractivity (Wildman–Crippen MR) is 107 cm³/mol. The minimum atomic E-state index is -1.13. The Bertz CT molecular complexity index is 953. The Kier molecular flexibility index (Phi) is 5.90. The number of hydrogen-bond acceptors (Lipinski definition) is 3. The highest BCUT2D eigenvalue weighted by Crippen LogP contribution is 2.30. The standard InChI is InChI=1S/C21H18ClFN2O3/c1-2-19-18(20(26)25(24-19)17-9-5-15(22)6-10-17)12-14(21(27)28)11-13-3-7-16(23)8-4-13/h3-11,18H,2,12H2,1H3,(H,27,28). The molecular formula is C21H18ClFN2O3. The van der Waals surface area contributed by atoms with Gasteiger partial charge in [0.1, 0.15) is 5.82 Å². The molecule has 0 saturated carbocycles. The zero-order valence-corrected chi connectivity index (χ0v) is 15.9. The summed E-state index contributed by atoms with van der Waals surface area (Å²) >= 11 is 5.89. The summed E-state index contributed by atoms with van der Waals surface area (Å²) in [4.78, 5) is 24.7. The number of hydrogen-bond donors (Lipinski definition) is 1. The van der Waals surface area contributed by atoms with Gasteiger partial charge in [-0.15, -0.1) is 0 Å². The van der Waals surface area contributed by atoms with E-state index in [0.29, 0.717) is 28.4 Å². The first-order valence-electron chi connectivity index (χ1n) is 8.75. The molecule has 7 heteroatoms. The highest BCUT2D eigenvalue weighted by atomic mass is 35.5. The predicted octanol–water partition coefficient (Wildman–Crippen LogP) is 4.77. The molecule has 0 aromatic heterocycles. The van der Waals surface area contributed by atoms with E-state index in [4.69, 9.17) is 11.6 Å². The van der Waals surface area contributed by atoms with E-state index in [1.165, 1.54) is 35.4 Å². The van der Waals surface area contributed by atoms with Gasteiger partial charge in [0.15, 0.2) is 0 Å². The summed E-state index contributed by atoms with van der Waals surface area (Å²) in [5.41, 5.74) is 1.80. The highest BCUT2D eigenvalue weighted by Gasteiger charge is 2.37. The summed E-state index contributed by atoms with van der Waals surface area (Å²) < 4.78 is 13.1. The average molecular weight is 401 g/mol. The van der Waals surface area contributed by atoms with Crippen LogP contribution in [0.25, 0.3) is 6.08 Å². The third-order valence-corrected chi connectivity index (χ3v) is 4.73. The highest BCUT2D eigenvalue weighted by molar-refractivity contribution is 6.30. The van der Waals surface area contributed by atoms with Crippen molar-refractivity contribution in [3.05, 3.63) is 70.5 Å². The SMILES string of the molecule is CCC1=NN(c2ccc(Cl)cc2)C(=O)C1CC(=Cc1ccc(F)cc1)C(=O)O. The Hall–Kier alpha value is -2.99. The Morgan fingerprint density at radius 2 is 1.86 bits per heavy atom. The summed E-state index contributed by atoms with van der Waals surface area (Å²) in [6.07, 6.45) is 1.97. The number of carbonyl (C=O) groups is 2. The monoisotopic (exact) mass is 400 g/mol. The zero-order valence-electron chi connectivity index (χ0n) is 15.1. The summed E-state index contributed by atoms with van der Waals surface area (Å²) in [6, 6.07) is 12.2. The van der Waals surface area contributed by atoms with Crippen molar-refractivity contribution < 1.29 is 19.1 Å². The molecule has 0 bridgehead atoms. The van der Waals surface area contributed by atoms with Gasteiger partial charge in [-0.25, -0.2) is 14.2 Å². The van der Waals surface area contributed by atoms with Crippen LogP contribution in [-0.4, -0.2) is 22.7 Å². The van der Waals surface area contributed by atoms with E-state index in [1.54, 1.807) is 24.3 Å². The molecule has 144 valence electrons. The number of aliphatic carboxylic acids is 1. The van der Waals surface area contributed by atoms with Crippen molar-refractivity contribution in [2.75, 3.05) is 5.01 Å². The van der Waals surface area contributed by atoms with Crippen LogP contribution in [-0.2, 0) is 9.59 Å². The minimum absolute atomic E-state index is 0.00229. The molecule has 1 N–H and O–H groups in total. The number of nitrogens with zero attached hydrogens (tertiary/aromatic N) is 2. The number of halogens is 2. The van der Waals surface area contributed by atoms with Crippen LogP contribution in [0.2, 0.25) is 5.02 Å². The molecule has 1 amide bonds. The molecule has 0 fully saturated rings. The molecule has 1 aliphatic heterocycles. The van der Waals surface area contributed by atoms with E-state index in [9.17, 15) is 19.1 Å². The van der Waals surface area contributed by atoms with E-state index in [0.717, 1.165) is 0 Å². The fourth-order valence-electron chi connectivity index (χ4n) is 3.02. The summed E-state index contributed by atoms with van der Waals surface area (Å²) in [6.45, 7) is 1.87. The largest absolute Gasteiger partial charge is 0.478 e. The summed E-state index contributed by atoms with van der Waals surface area (Å²) in [5, 5.41) is 15.8. The van der Waals surface area contributed by atoms with Crippen LogP contribution in [0, 0.1) is 11.7 Å². The van der Waals surface area contributed by atoms with Crippen molar-refractivity contribution in [3.63, 3.8) is 0 Å². The number of rotatable bonds is 6. The molecule has 2 aromatic rings. The fraction of sp³-hybridized carbons (Fsp3) is 0.190. The molecule has 2 aromatic carbocycles. The quantitative estimate of drug-likeness (QED) is 0.710. The number of hydrazone groups is 1. The van der Waals surface area contributed by atoms with Gasteiger partial charge < -0.3 is 5.11 Å². The van der Waals surface area contributed by atoms with Crippen LogP contribution in [0.3, 0.4) is 0 Å². The number of carbonyl (C=O) groups excluding carboxylic acids is 1. The van der Waals surface area contributed by atoms with E-state index < -0.39 is 17.7 Å². The zero-order chi connectivity index (χ0) is 20.3. The van der Waals surface area contributed by atoms with Crippen molar-refractivity contribution in [2.24, 2.45) is 11.0 Å². The van der Waals surface area contributed by atoms with Gasteiger partial charge >= 0.3 is 5.97 Å². The van der Waals surface area contributed by atoms with Gasteiger partial charge in [0.25, 0.3) is 5.91 Å². The van der Waals surface area contributed by atoms with Crippen LogP contribution in [0.15, 0.2) is 59.2 Å². The Morgan fingerprint density at radius 1 is 1.21 bits per heavy atom. The molecule has 1 aliphatic rings. The van der Waals surface area contributed by atoms with Crippen LogP contribution in [0.1, 0.15) is 25.3 Å². The number of benzene rings is 2. The van der Waals surface area contributed by atoms with Gasteiger partial charge in [0, 0.05) is 10.6 Å². The van der Waals surface area contributed by atoms with Gasteiger partial charge in [-0.3, -0.25) is 4.79 Å². The summed E-state index contributed by atoms with van der Waals surface area (Å²) in [7, 11) is 0. The smallest absolute Gasteiger partial charge is 0.331 e. The molecule has 1 atom stereocenters. The van der Waals surface area contributed by atoms with Crippen molar-refractivity contribution in [2.45, 2.75) is 19.8 Å². The average Bonchev–Trinajstić information content (AvgIpc) is 2.99. The minimum Gasteiger partial charge on any atom is -0.478 e. The van der Waals surface area contributed by atoms with Gasteiger partial charge in [-0.05, 0) is 60.9 Å². The molecule has 1 unspecified atom stereocenters. The molecule has 0 saturated heterocycles. The van der Waals surface area contributed by atoms with E-state index in [1.807, 2.05) is 6.92 Å². The topological polar surface area (TPSA) is 70.0 Å². The maximum Gasteiger partial charge on any atom is 0.331 e. The van der Waals surface area contributed by atoms with Crippen molar-refractivity contribution >= 4 is 41.0 Å². The first-order valence-corrected chi connectivity index (χ1v) is 9.13. The number of anilines is 1. The lowest BCUT2D eigenvalue weighted by atomic mass is 9.92. The van der Waals surface area contributed by atoms with E-state index in [-0.39, 0.29) is 17.9 Å². The molecule has 0 aliphatic carbocycles. The number of carboxylic acid groups (broad SMARTS) is 1. The first kappa shape index (κ1) is 19.8. The third kappa shape index (κ3) is 4.28. The third-order valence-electron chi connectivity index (χ3n) is 4.48. The Morgan fingerprint density at radius 3 is 2.43 bits per heavy atom. The van der Waals surface area contributed by atoms with Gasteiger partial charge in [0.2, 0.25) is 0 Å². The number of carboxylic acids is 1. The van der Waals surface area contributed by atoms with Gasteiger partial charge in [0.05, 0.1) is 17.3 Å². The van der Waals surface area contributed by atoms with Crippen LogP contribution in [0.4, 0.5) is 10.1 Å². The number of amides is 1. The van der Waals surface area contributed by atoms with Crippen molar-refractivity contribution in [3.8, 4) is 0 Å². The molecular weight excluding hydrogens is 383 g/mol. The fourth-order valence-corrected chi connectivity index (χ4v) is 3.14. The maximum absolute atomic E-state index is 13.1.